The van der Waals surface area contributed by atoms with Crippen LogP contribution in [0.5, 0.6) is 0 Å². The average Bonchev–Trinajstić information content (AvgIpc) is 2.75. The molecule has 0 saturated carbocycles. The van der Waals surface area contributed by atoms with Gasteiger partial charge in [-0.05, 0) is 35.7 Å². The summed E-state index contributed by atoms with van der Waals surface area (Å²) in [7, 11) is 0. The Morgan fingerprint density at radius 2 is 1.76 bits per heavy atom. The number of rotatable bonds is 5. The second-order valence-corrected chi connectivity index (χ2v) is 7.30. The minimum absolute atomic E-state index is 0.0407. The SMILES string of the molecule is O=C(Nc1cccc2cccc(Sc3cccc([N+](=O)[O-])c3)c12)c1ccccn1. The molecule has 1 aromatic heterocycles. The number of carbonyl (C=O) groups excluding carboxylic acids is 1. The third kappa shape index (κ3) is 4.09. The fraction of sp³-hybridized carbons (Fsp3) is 0. The van der Waals surface area contributed by atoms with Gasteiger partial charge >= 0.3 is 0 Å². The van der Waals surface area contributed by atoms with Crippen molar-refractivity contribution in [3.05, 3.63) is 101 Å². The fourth-order valence-corrected chi connectivity index (χ4v) is 4.02. The van der Waals surface area contributed by atoms with Crippen LogP contribution in [0.3, 0.4) is 0 Å². The molecule has 6 nitrogen and oxygen atoms in total. The van der Waals surface area contributed by atoms with Gasteiger partial charge in [-0.25, -0.2) is 0 Å². The zero-order valence-corrected chi connectivity index (χ0v) is 15.9. The highest BCUT2D eigenvalue weighted by Gasteiger charge is 2.13. The molecular formula is C22H15N3O3S. The number of nitrogens with one attached hydrogen (secondary N) is 1. The Hall–Kier alpha value is -3.71. The summed E-state index contributed by atoms with van der Waals surface area (Å²) >= 11 is 1.41. The first-order valence-corrected chi connectivity index (χ1v) is 9.60. The van der Waals surface area contributed by atoms with Crippen molar-refractivity contribution in [2.75, 3.05) is 5.32 Å². The maximum atomic E-state index is 12.6. The van der Waals surface area contributed by atoms with Gasteiger partial charge in [-0.15, -0.1) is 0 Å². The van der Waals surface area contributed by atoms with Crippen LogP contribution >= 0.6 is 11.8 Å². The van der Waals surface area contributed by atoms with Gasteiger partial charge in [0.2, 0.25) is 0 Å². The summed E-state index contributed by atoms with van der Waals surface area (Å²) in [5.74, 6) is -0.298. The van der Waals surface area contributed by atoms with Crippen LogP contribution in [0, 0.1) is 10.1 Å². The van der Waals surface area contributed by atoms with Gasteiger partial charge in [0.1, 0.15) is 5.69 Å². The van der Waals surface area contributed by atoms with Gasteiger partial charge in [0.15, 0.2) is 0 Å². The number of anilines is 1. The van der Waals surface area contributed by atoms with Gasteiger partial charge in [-0.2, -0.15) is 0 Å². The van der Waals surface area contributed by atoms with Crippen LogP contribution in [0.1, 0.15) is 10.5 Å². The molecular weight excluding hydrogens is 386 g/mol. The standard InChI is InChI=1S/C22H15N3O3S/c26-22(19-10-1-2-13-23-19)24-18-11-3-6-15-7-4-12-20(21(15)18)29-17-9-5-8-16(14-17)25(27)28/h1-14H,(H,24,26). The Balaban J connectivity index is 1.73. The molecule has 0 atom stereocenters. The van der Waals surface area contributed by atoms with Gasteiger partial charge in [0.05, 0.1) is 10.6 Å². The predicted octanol–water partition coefficient (Wildman–Crippen LogP) is 5.55. The van der Waals surface area contributed by atoms with E-state index < -0.39 is 4.92 Å². The summed E-state index contributed by atoms with van der Waals surface area (Å²) in [5.41, 5.74) is 1.03. The van der Waals surface area contributed by atoms with E-state index in [-0.39, 0.29) is 11.6 Å². The molecule has 29 heavy (non-hydrogen) atoms. The van der Waals surface area contributed by atoms with Crippen LogP contribution in [0.4, 0.5) is 11.4 Å². The van der Waals surface area contributed by atoms with E-state index in [9.17, 15) is 14.9 Å². The Labute approximate surface area is 170 Å². The molecule has 1 heterocycles. The monoisotopic (exact) mass is 401 g/mol. The number of carbonyl (C=O) groups is 1. The number of benzene rings is 3. The molecule has 142 valence electrons. The maximum absolute atomic E-state index is 12.6. The van der Waals surface area contributed by atoms with E-state index in [1.807, 2.05) is 42.5 Å². The van der Waals surface area contributed by atoms with E-state index in [1.54, 1.807) is 36.5 Å². The highest BCUT2D eigenvalue weighted by Crippen LogP contribution is 2.38. The first-order valence-electron chi connectivity index (χ1n) is 8.78. The minimum atomic E-state index is -0.411. The van der Waals surface area contributed by atoms with E-state index in [4.69, 9.17) is 0 Å². The third-order valence-electron chi connectivity index (χ3n) is 4.27. The topological polar surface area (TPSA) is 85.1 Å². The smallest absolute Gasteiger partial charge is 0.274 e. The normalized spacial score (nSPS) is 10.6. The fourth-order valence-electron chi connectivity index (χ4n) is 2.97. The number of pyridine rings is 1. The lowest BCUT2D eigenvalue weighted by molar-refractivity contribution is -0.385. The Morgan fingerprint density at radius 1 is 0.966 bits per heavy atom. The van der Waals surface area contributed by atoms with Crippen LogP contribution in [0.2, 0.25) is 0 Å². The third-order valence-corrected chi connectivity index (χ3v) is 5.32. The molecule has 0 fully saturated rings. The van der Waals surface area contributed by atoms with Crippen LogP contribution in [0.25, 0.3) is 10.8 Å². The molecule has 4 rings (SSSR count). The largest absolute Gasteiger partial charge is 0.320 e. The lowest BCUT2D eigenvalue weighted by Gasteiger charge is -2.12. The van der Waals surface area contributed by atoms with Crippen LogP contribution in [0.15, 0.2) is 94.9 Å². The van der Waals surface area contributed by atoms with Crippen molar-refractivity contribution in [3.8, 4) is 0 Å². The Kier molecular flexibility index (Phi) is 5.22. The average molecular weight is 401 g/mol. The minimum Gasteiger partial charge on any atom is -0.320 e. The number of nitro groups is 1. The summed E-state index contributed by atoms with van der Waals surface area (Å²) in [6, 6.07) is 23.1. The van der Waals surface area contributed by atoms with E-state index in [0.29, 0.717) is 11.4 Å². The number of fused-ring (bicyclic) bond motifs is 1. The second kappa shape index (κ2) is 8.12. The second-order valence-electron chi connectivity index (χ2n) is 6.19. The summed E-state index contributed by atoms with van der Waals surface area (Å²) in [5, 5.41) is 15.8. The lowest BCUT2D eigenvalue weighted by Crippen LogP contribution is -2.13. The number of aromatic nitrogens is 1. The molecule has 0 spiro atoms. The molecule has 0 unspecified atom stereocenters. The number of hydrogen-bond acceptors (Lipinski definition) is 5. The molecule has 0 bridgehead atoms. The number of amides is 1. The quantitative estimate of drug-likeness (QED) is 0.350. The van der Waals surface area contributed by atoms with Gasteiger partial charge in [-0.3, -0.25) is 19.9 Å². The predicted molar refractivity (Wildman–Crippen MR) is 113 cm³/mol. The van der Waals surface area contributed by atoms with E-state index in [1.165, 1.54) is 17.8 Å². The molecule has 3 aromatic carbocycles. The Morgan fingerprint density at radius 3 is 2.52 bits per heavy atom. The molecule has 0 saturated heterocycles. The number of nitro benzene ring substituents is 1. The summed E-state index contributed by atoms with van der Waals surface area (Å²) < 4.78 is 0. The van der Waals surface area contributed by atoms with Crippen molar-refractivity contribution in [2.45, 2.75) is 9.79 Å². The van der Waals surface area contributed by atoms with E-state index >= 15 is 0 Å². The number of nitrogens with zero attached hydrogens (tertiary/aromatic N) is 2. The molecule has 7 heteroatoms. The Bertz CT molecular complexity index is 1210. The van der Waals surface area contributed by atoms with Gasteiger partial charge in [0, 0.05) is 33.5 Å². The first kappa shape index (κ1) is 18.6. The molecule has 0 aliphatic rings. The van der Waals surface area contributed by atoms with Crippen LogP contribution in [-0.4, -0.2) is 15.8 Å². The van der Waals surface area contributed by atoms with Crippen molar-refractivity contribution in [3.63, 3.8) is 0 Å². The number of non-ortho nitro benzene ring substituents is 1. The van der Waals surface area contributed by atoms with Crippen LogP contribution < -0.4 is 5.32 Å². The van der Waals surface area contributed by atoms with Crippen LogP contribution in [-0.2, 0) is 0 Å². The highest BCUT2D eigenvalue weighted by atomic mass is 32.2. The van der Waals surface area contributed by atoms with E-state index in [0.717, 1.165) is 20.6 Å². The van der Waals surface area contributed by atoms with Gasteiger partial charge in [-0.1, -0.05) is 48.2 Å². The van der Waals surface area contributed by atoms with Crippen molar-refractivity contribution in [2.24, 2.45) is 0 Å². The summed E-state index contributed by atoms with van der Waals surface area (Å²) in [6.45, 7) is 0. The summed E-state index contributed by atoms with van der Waals surface area (Å²) in [4.78, 5) is 29.0. The number of hydrogen-bond donors (Lipinski definition) is 1. The molecule has 1 N–H and O–H groups in total. The summed E-state index contributed by atoms with van der Waals surface area (Å²) in [6.07, 6.45) is 1.57. The molecule has 0 radical (unpaired) electrons. The molecule has 0 aliphatic heterocycles. The maximum Gasteiger partial charge on any atom is 0.274 e. The van der Waals surface area contributed by atoms with Gasteiger partial charge < -0.3 is 5.32 Å². The van der Waals surface area contributed by atoms with Crippen molar-refractivity contribution in [1.29, 1.82) is 0 Å². The first-order chi connectivity index (χ1) is 14.1. The highest BCUT2D eigenvalue weighted by molar-refractivity contribution is 7.99. The zero-order chi connectivity index (χ0) is 20.2. The van der Waals surface area contributed by atoms with Crippen molar-refractivity contribution in [1.82, 2.24) is 4.98 Å². The van der Waals surface area contributed by atoms with Crippen molar-refractivity contribution >= 4 is 39.8 Å². The van der Waals surface area contributed by atoms with Gasteiger partial charge in [0.25, 0.3) is 11.6 Å². The lowest BCUT2D eigenvalue weighted by atomic mass is 10.1. The zero-order valence-electron chi connectivity index (χ0n) is 15.1. The van der Waals surface area contributed by atoms with E-state index in [2.05, 4.69) is 10.3 Å². The molecule has 1 amide bonds. The van der Waals surface area contributed by atoms with Crippen molar-refractivity contribution < 1.29 is 9.72 Å². The molecule has 4 aromatic rings. The molecule has 0 aliphatic carbocycles.